The van der Waals surface area contributed by atoms with Crippen molar-refractivity contribution in [3.05, 3.63) is 52.2 Å². The molecule has 3 nitrogen and oxygen atoms in total. The molecule has 0 fully saturated rings. The third kappa shape index (κ3) is 3.72. The maximum absolute atomic E-state index is 10.9. The number of aromatic carboxylic acids is 1. The Hall–Kier alpha value is -1.52. The lowest BCUT2D eigenvalue weighted by Gasteiger charge is -2.17. The molecule has 5 heteroatoms. The van der Waals surface area contributed by atoms with Crippen LogP contribution in [0.2, 0.25) is 0 Å². The number of carboxylic acids is 1. The van der Waals surface area contributed by atoms with Crippen LogP contribution in [0.4, 0.5) is 0 Å². The van der Waals surface area contributed by atoms with Gasteiger partial charge in [0, 0.05) is 17.2 Å². The summed E-state index contributed by atoms with van der Waals surface area (Å²) < 4.78 is 5.85. The lowest BCUT2D eigenvalue weighted by atomic mass is 10.2. The zero-order valence-corrected chi connectivity index (χ0v) is 11.7. The number of rotatable bonds is 6. The summed E-state index contributed by atoms with van der Waals surface area (Å²) in [6, 6.07) is 10.4. The molecule has 0 radical (unpaired) electrons. The molecule has 1 heterocycles. The maximum atomic E-state index is 10.9. The molecule has 0 aliphatic heterocycles. The van der Waals surface area contributed by atoms with Crippen molar-refractivity contribution in [2.75, 3.05) is 5.88 Å². The van der Waals surface area contributed by atoms with E-state index >= 15 is 0 Å². The zero-order valence-electron chi connectivity index (χ0n) is 10.1. The Morgan fingerprint density at radius 2 is 2.21 bits per heavy atom. The van der Waals surface area contributed by atoms with Gasteiger partial charge >= 0.3 is 5.97 Å². The average molecular weight is 297 g/mol. The summed E-state index contributed by atoms with van der Waals surface area (Å²) in [6.07, 6.45) is 0.542. The largest absolute Gasteiger partial charge is 0.485 e. The predicted molar refractivity (Wildman–Crippen MR) is 76.4 cm³/mol. The van der Waals surface area contributed by atoms with Crippen molar-refractivity contribution >= 4 is 28.9 Å². The van der Waals surface area contributed by atoms with Gasteiger partial charge in [-0.1, -0.05) is 12.1 Å². The summed E-state index contributed by atoms with van der Waals surface area (Å²) in [5, 5.41) is 10.9. The van der Waals surface area contributed by atoms with Gasteiger partial charge in [0.05, 0.1) is 5.56 Å². The Labute approximate surface area is 120 Å². The first-order valence-electron chi connectivity index (χ1n) is 5.80. The highest BCUT2D eigenvalue weighted by atomic mass is 35.5. The smallest absolute Gasteiger partial charge is 0.335 e. The van der Waals surface area contributed by atoms with Crippen molar-refractivity contribution in [2.45, 2.75) is 12.5 Å². The first-order chi connectivity index (χ1) is 9.20. The molecule has 0 bridgehead atoms. The van der Waals surface area contributed by atoms with Crippen LogP contribution in [0.1, 0.15) is 27.8 Å². The fourth-order valence-electron chi connectivity index (χ4n) is 1.70. The highest BCUT2D eigenvalue weighted by Gasteiger charge is 2.14. The van der Waals surface area contributed by atoms with Crippen molar-refractivity contribution in [3.63, 3.8) is 0 Å². The number of thiophene rings is 1. The topological polar surface area (TPSA) is 46.5 Å². The fourth-order valence-corrected chi connectivity index (χ4v) is 2.69. The van der Waals surface area contributed by atoms with Crippen LogP contribution in [0.15, 0.2) is 41.8 Å². The normalized spacial score (nSPS) is 12.1. The van der Waals surface area contributed by atoms with Crippen LogP contribution in [0.5, 0.6) is 5.75 Å². The van der Waals surface area contributed by atoms with Gasteiger partial charge in [-0.25, -0.2) is 4.79 Å². The SMILES string of the molecule is O=C(O)c1cccc(OC(CCCl)c2cccs2)c1. The van der Waals surface area contributed by atoms with Crippen LogP contribution < -0.4 is 4.74 Å². The minimum absolute atomic E-state index is 0.137. The molecule has 2 aromatic rings. The minimum Gasteiger partial charge on any atom is -0.485 e. The van der Waals surface area contributed by atoms with Gasteiger partial charge in [0.2, 0.25) is 0 Å². The van der Waals surface area contributed by atoms with Crippen LogP contribution in [-0.2, 0) is 0 Å². The van der Waals surface area contributed by atoms with Crippen molar-refractivity contribution in [1.82, 2.24) is 0 Å². The lowest BCUT2D eigenvalue weighted by molar-refractivity contribution is 0.0696. The number of hydrogen-bond donors (Lipinski definition) is 1. The number of ether oxygens (including phenoxy) is 1. The molecule has 0 saturated carbocycles. The predicted octanol–water partition coefficient (Wildman–Crippen LogP) is 4.20. The second-order valence-corrected chi connectivity index (χ2v) is 5.29. The molecule has 1 aromatic heterocycles. The highest BCUT2D eigenvalue weighted by Crippen LogP contribution is 2.28. The van der Waals surface area contributed by atoms with Gasteiger partial charge in [0.15, 0.2) is 0 Å². The molecule has 0 saturated heterocycles. The van der Waals surface area contributed by atoms with Crippen LogP contribution in [-0.4, -0.2) is 17.0 Å². The number of alkyl halides is 1. The van der Waals surface area contributed by atoms with Crippen LogP contribution >= 0.6 is 22.9 Å². The Kier molecular flexibility index (Phi) is 4.82. The Balaban J connectivity index is 2.17. The molecule has 2 rings (SSSR count). The quantitative estimate of drug-likeness (QED) is 0.813. The molecule has 1 aromatic carbocycles. The monoisotopic (exact) mass is 296 g/mol. The molecular weight excluding hydrogens is 284 g/mol. The van der Waals surface area contributed by atoms with E-state index in [1.165, 1.54) is 12.1 Å². The number of benzene rings is 1. The molecule has 1 unspecified atom stereocenters. The van der Waals surface area contributed by atoms with Gasteiger partial charge in [0.1, 0.15) is 11.9 Å². The summed E-state index contributed by atoms with van der Waals surface area (Å²) in [7, 11) is 0. The standard InChI is InChI=1S/C14H13ClO3S/c15-7-6-12(13-5-2-8-19-13)18-11-4-1-3-10(9-11)14(16)17/h1-5,8-9,12H,6-7H2,(H,16,17). The third-order valence-corrected chi connectivity index (χ3v) is 3.77. The molecule has 0 aliphatic rings. The third-order valence-electron chi connectivity index (χ3n) is 2.59. The molecular formula is C14H13ClO3S. The van der Waals surface area contributed by atoms with E-state index in [-0.39, 0.29) is 11.7 Å². The Morgan fingerprint density at radius 3 is 2.84 bits per heavy atom. The van der Waals surface area contributed by atoms with Gasteiger partial charge < -0.3 is 9.84 Å². The van der Waals surface area contributed by atoms with E-state index in [1.807, 2.05) is 17.5 Å². The summed E-state index contributed by atoms with van der Waals surface area (Å²) in [4.78, 5) is 12.0. The van der Waals surface area contributed by atoms with E-state index in [2.05, 4.69) is 0 Å². The van der Waals surface area contributed by atoms with Gasteiger partial charge in [-0.05, 0) is 29.6 Å². The van der Waals surface area contributed by atoms with Crippen LogP contribution in [0.3, 0.4) is 0 Å². The van der Waals surface area contributed by atoms with Gasteiger partial charge in [-0.3, -0.25) is 0 Å². The van der Waals surface area contributed by atoms with Crippen LogP contribution in [0, 0.1) is 0 Å². The highest BCUT2D eigenvalue weighted by molar-refractivity contribution is 7.10. The average Bonchev–Trinajstić information content (AvgIpc) is 2.92. The number of carbonyl (C=O) groups is 1. The van der Waals surface area contributed by atoms with Gasteiger partial charge in [0.25, 0.3) is 0 Å². The van der Waals surface area contributed by atoms with E-state index in [0.717, 1.165) is 4.88 Å². The zero-order chi connectivity index (χ0) is 13.7. The van der Waals surface area contributed by atoms with E-state index in [4.69, 9.17) is 21.4 Å². The maximum Gasteiger partial charge on any atom is 0.335 e. The Bertz CT molecular complexity index is 539. The van der Waals surface area contributed by atoms with Crippen LogP contribution in [0.25, 0.3) is 0 Å². The first kappa shape index (κ1) is 13.9. The summed E-state index contributed by atoms with van der Waals surface area (Å²) >= 11 is 7.39. The van der Waals surface area contributed by atoms with Crippen molar-refractivity contribution in [3.8, 4) is 5.75 Å². The molecule has 0 spiro atoms. The van der Waals surface area contributed by atoms with E-state index in [9.17, 15) is 4.79 Å². The van der Waals surface area contributed by atoms with E-state index in [1.54, 1.807) is 23.5 Å². The molecule has 0 amide bonds. The second kappa shape index (κ2) is 6.59. The number of halogens is 1. The van der Waals surface area contributed by atoms with Gasteiger partial charge in [-0.15, -0.1) is 22.9 Å². The number of hydrogen-bond acceptors (Lipinski definition) is 3. The Morgan fingerprint density at radius 1 is 1.37 bits per heavy atom. The second-order valence-electron chi connectivity index (χ2n) is 3.93. The van der Waals surface area contributed by atoms with E-state index < -0.39 is 5.97 Å². The molecule has 100 valence electrons. The summed E-state index contributed by atoms with van der Waals surface area (Å²) in [6.45, 7) is 0. The van der Waals surface area contributed by atoms with Crippen molar-refractivity contribution in [2.24, 2.45) is 0 Å². The lowest BCUT2D eigenvalue weighted by Crippen LogP contribution is -2.07. The molecule has 1 atom stereocenters. The van der Waals surface area contributed by atoms with Crippen molar-refractivity contribution in [1.29, 1.82) is 0 Å². The summed E-state index contributed by atoms with van der Waals surface area (Å²) in [5.74, 6) is 0.0696. The molecule has 1 N–H and O–H groups in total. The van der Waals surface area contributed by atoms with Gasteiger partial charge in [-0.2, -0.15) is 0 Å². The minimum atomic E-state index is -0.963. The molecule has 19 heavy (non-hydrogen) atoms. The van der Waals surface area contributed by atoms with Crippen molar-refractivity contribution < 1.29 is 14.6 Å². The number of carboxylic acid groups (broad SMARTS) is 1. The fraction of sp³-hybridized carbons (Fsp3) is 0.214. The first-order valence-corrected chi connectivity index (χ1v) is 7.21. The molecule has 0 aliphatic carbocycles. The summed E-state index contributed by atoms with van der Waals surface area (Å²) in [5.41, 5.74) is 0.216. The van der Waals surface area contributed by atoms with E-state index in [0.29, 0.717) is 18.1 Å².